The molecule has 16 heteroatoms. The van der Waals surface area contributed by atoms with Crippen LogP contribution in [0.2, 0.25) is 0 Å². The fraction of sp³-hybridized carbons (Fsp3) is 0.667. The predicted octanol–water partition coefficient (Wildman–Crippen LogP) is -2.86. The fourth-order valence-electron chi connectivity index (χ4n) is 3.75. The second-order valence-electron chi connectivity index (χ2n) is 8.57. The lowest BCUT2D eigenvalue weighted by molar-refractivity contribution is -0.145. The number of hydrogen-bond donors (Lipinski definition) is 8. The molecule has 1 aliphatic heterocycles. The van der Waals surface area contributed by atoms with E-state index in [1.165, 1.54) is 4.90 Å². The molecule has 37 heavy (non-hydrogen) atoms. The molecule has 0 spiro atoms. The first-order chi connectivity index (χ1) is 17.3. The van der Waals surface area contributed by atoms with Gasteiger partial charge in [-0.1, -0.05) is 0 Å². The van der Waals surface area contributed by atoms with E-state index in [1.54, 1.807) is 0 Å². The Kier molecular flexibility index (Phi) is 12.8. The standard InChI is InChI=1S/C21H35N7O9/c22-11(5-7-15(29)30)17(33)26-12(3-1-9-25-21(23)24)19(35)28-10-2-4-14(28)18(34)27-13(20(36)37)6-8-16(31)32/h11-14H,1-10,22H2,(H,26,33)(H,27,34)(H,29,30)(H,31,32)(H,36,37)(H4,23,24,25). The summed E-state index contributed by atoms with van der Waals surface area (Å²) >= 11 is 0. The quantitative estimate of drug-likeness (QED) is 0.0569. The fourth-order valence-corrected chi connectivity index (χ4v) is 3.75. The predicted molar refractivity (Wildman–Crippen MR) is 128 cm³/mol. The zero-order valence-corrected chi connectivity index (χ0v) is 20.3. The maximum absolute atomic E-state index is 13.4. The molecule has 1 saturated heterocycles. The largest absolute Gasteiger partial charge is 0.481 e. The Bertz CT molecular complexity index is 892. The number of carbonyl (C=O) groups is 6. The monoisotopic (exact) mass is 529 g/mol. The lowest BCUT2D eigenvalue weighted by Crippen LogP contribution is -2.56. The van der Waals surface area contributed by atoms with Gasteiger partial charge in [0.05, 0.1) is 6.04 Å². The third kappa shape index (κ3) is 11.1. The highest BCUT2D eigenvalue weighted by atomic mass is 16.4. The molecule has 0 aliphatic carbocycles. The van der Waals surface area contributed by atoms with Gasteiger partial charge in [-0.05, 0) is 38.5 Å². The van der Waals surface area contributed by atoms with Crippen LogP contribution in [0.25, 0.3) is 0 Å². The van der Waals surface area contributed by atoms with Crippen LogP contribution in [0.1, 0.15) is 51.4 Å². The number of aliphatic carboxylic acids is 3. The molecule has 0 radical (unpaired) electrons. The van der Waals surface area contributed by atoms with Crippen molar-refractivity contribution in [2.75, 3.05) is 13.1 Å². The summed E-state index contributed by atoms with van der Waals surface area (Å²) < 4.78 is 0. The van der Waals surface area contributed by atoms with Gasteiger partial charge in [0.1, 0.15) is 18.1 Å². The molecular weight excluding hydrogens is 494 g/mol. The average Bonchev–Trinajstić information content (AvgIpc) is 3.30. The third-order valence-corrected chi connectivity index (χ3v) is 5.67. The van der Waals surface area contributed by atoms with Gasteiger partial charge in [-0.2, -0.15) is 0 Å². The van der Waals surface area contributed by atoms with E-state index in [0.717, 1.165) is 0 Å². The van der Waals surface area contributed by atoms with Crippen LogP contribution in [-0.2, 0) is 28.8 Å². The van der Waals surface area contributed by atoms with Gasteiger partial charge in [0.2, 0.25) is 17.7 Å². The molecule has 0 saturated carbocycles. The number of nitrogens with two attached hydrogens (primary N) is 3. The van der Waals surface area contributed by atoms with Crippen molar-refractivity contribution in [2.45, 2.75) is 75.5 Å². The number of aliphatic imine (C=N–C) groups is 1. The Morgan fingerprint density at radius 1 is 0.919 bits per heavy atom. The van der Waals surface area contributed by atoms with Crippen molar-refractivity contribution in [1.82, 2.24) is 15.5 Å². The zero-order valence-electron chi connectivity index (χ0n) is 20.3. The van der Waals surface area contributed by atoms with Crippen molar-refractivity contribution in [3.63, 3.8) is 0 Å². The Labute approximate surface area is 212 Å². The summed E-state index contributed by atoms with van der Waals surface area (Å²) in [5, 5.41) is 31.7. The van der Waals surface area contributed by atoms with Crippen molar-refractivity contribution in [3.05, 3.63) is 0 Å². The first kappa shape index (κ1) is 31.1. The van der Waals surface area contributed by atoms with Crippen molar-refractivity contribution in [2.24, 2.45) is 22.2 Å². The van der Waals surface area contributed by atoms with E-state index in [4.69, 9.17) is 27.4 Å². The number of hydrogen-bond acceptors (Lipinski definition) is 8. The topological polar surface area (TPSA) is 281 Å². The van der Waals surface area contributed by atoms with Gasteiger partial charge in [0.25, 0.3) is 0 Å². The molecule has 11 N–H and O–H groups in total. The molecule has 0 aromatic rings. The number of nitrogens with zero attached hydrogens (tertiary/aromatic N) is 2. The molecule has 4 atom stereocenters. The normalized spacial score (nSPS) is 17.2. The van der Waals surface area contributed by atoms with Gasteiger partial charge in [-0.3, -0.25) is 29.0 Å². The lowest BCUT2D eigenvalue weighted by atomic mass is 10.1. The number of rotatable bonds is 16. The minimum Gasteiger partial charge on any atom is -0.481 e. The number of amides is 3. The molecule has 208 valence electrons. The zero-order chi connectivity index (χ0) is 28.1. The number of carbonyl (C=O) groups excluding carboxylic acids is 3. The second kappa shape index (κ2) is 15.2. The van der Waals surface area contributed by atoms with E-state index in [0.29, 0.717) is 6.42 Å². The minimum atomic E-state index is -1.46. The molecular formula is C21H35N7O9. The van der Waals surface area contributed by atoms with Crippen molar-refractivity contribution >= 4 is 41.6 Å². The molecule has 4 unspecified atom stereocenters. The number of carboxylic acid groups (broad SMARTS) is 3. The summed E-state index contributed by atoms with van der Waals surface area (Å²) in [6.45, 7) is 0.315. The van der Waals surface area contributed by atoms with Crippen molar-refractivity contribution < 1.29 is 44.1 Å². The maximum Gasteiger partial charge on any atom is 0.326 e. The van der Waals surface area contributed by atoms with E-state index in [2.05, 4.69) is 15.6 Å². The van der Waals surface area contributed by atoms with E-state index in [-0.39, 0.29) is 57.6 Å². The van der Waals surface area contributed by atoms with Crippen molar-refractivity contribution in [1.29, 1.82) is 0 Å². The Morgan fingerprint density at radius 2 is 1.54 bits per heavy atom. The van der Waals surface area contributed by atoms with Gasteiger partial charge < -0.3 is 48.1 Å². The highest BCUT2D eigenvalue weighted by Crippen LogP contribution is 2.20. The van der Waals surface area contributed by atoms with Crippen LogP contribution in [0, 0.1) is 0 Å². The Hall–Kier alpha value is -3.95. The first-order valence-corrected chi connectivity index (χ1v) is 11.7. The average molecular weight is 530 g/mol. The second-order valence-corrected chi connectivity index (χ2v) is 8.57. The smallest absolute Gasteiger partial charge is 0.326 e. The summed E-state index contributed by atoms with van der Waals surface area (Å²) in [6, 6.07) is -4.80. The van der Waals surface area contributed by atoms with Gasteiger partial charge in [-0.25, -0.2) is 4.79 Å². The van der Waals surface area contributed by atoms with Crippen LogP contribution in [0.5, 0.6) is 0 Å². The molecule has 1 rings (SSSR count). The summed E-state index contributed by atoms with van der Waals surface area (Å²) in [7, 11) is 0. The minimum absolute atomic E-state index is 0.0776. The summed E-state index contributed by atoms with van der Waals surface area (Å²) in [5.41, 5.74) is 16.3. The lowest BCUT2D eigenvalue weighted by Gasteiger charge is -2.30. The summed E-state index contributed by atoms with van der Waals surface area (Å²) in [4.78, 5) is 76.8. The van der Waals surface area contributed by atoms with E-state index in [9.17, 15) is 33.9 Å². The van der Waals surface area contributed by atoms with E-state index < -0.39 is 66.2 Å². The maximum atomic E-state index is 13.4. The Morgan fingerprint density at radius 3 is 2.11 bits per heavy atom. The van der Waals surface area contributed by atoms with Crippen molar-refractivity contribution in [3.8, 4) is 0 Å². The molecule has 1 heterocycles. The molecule has 0 aromatic heterocycles. The van der Waals surface area contributed by atoms with Gasteiger partial charge >= 0.3 is 17.9 Å². The highest BCUT2D eigenvalue weighted by Gasteiger charge is 2.39. The summed E-state index contributed by atoms with van der Waals surface area (Å²) in [6.07, 6.45) is -0.297. The van der Waals surface area contributed by atoms with Crippen LogP contribution in [-0.4, -0.2) is 99.1 Å². The van der Waals surface area contributed by atoms with Crippen LogP contribution in [0.4, 0.5) is 0 Å². The van der Waals surface area contributed by atoms with Crippen LogP contribution < -0.4 is 27.8 Å². The van der Waals surface area contributed by atoms with Gasteiger partial charge in [-0.15, -0.1) is 0 Å². The van der Waals surface area contributed by atoms with Crippen LogP contribution >= 0.6 is 0 Å². The Balaban J connectivity index is 2.98. The SMILES string of the molecule is NC(N)=NCCCC(NC(=O)C(N)CCC(=O)O)C(=O)N1CCCC1C(=O)NC(CCC(=O)O)C(=O)O. The molecule has 1 aliphatic rings. The number of carboxylic acids is 3. The molecule has 16 nitrogen and oxygen atoms in total. The number of nitrogens with one attached hydrogen (secondary N) is 2. The first-order valence-electron chi connectivity index (χ1n) is 11.7. The molecule has 0 aromatic carbocycles. The molecule has 0 bridgehead atoms. The molecule has 3 amide bonds. The summed E-state index contributed by atoms with van der Waals surface area (Å²) in [5.74, 6) is -6.05. The molecule has 1 fully saturated rings. The third-order valence-electron chi connectivity index (χ3n) is 5.67. The van der Waals surface area contributed by atoms with E-state index in [1.807, 2.05) is 0 Å². The highest BCUT2D eigenvalue weighted by molar-refractivity contribution is 5.94. The van der Waals surface area contributed by atoms with Gasteiger partial charge in [0.15, 0.2) is 5.96 Å². The van der Waals surface area contributed by atoms with Crippen LogP contribution in [0.3, 0.4) is 0 Å². The number of likely N-dealkylation sites (tertiary alicyclic amines) is 1. The van der Waals surface area contributed by atoms with Crippen LogP contribution in [0.15, 0.2) is 4.99 Å². The van der Waals surface area contributed by atoms with E-state index >= 15 is 0 Å². The number of guanidine groups is 1. The van der Waals surface area contributed by atoms with Gasteiger partial charge in [0, 0.05) is 25.9 Å².